The molecule has 1 heterocycles. The van der Waals surface area contributed by atoms with E-state index < -0.39 is 5.92 Å². The summed E-state index contributed by atoms with van der Waals surface area (Å²) in [7, 11) is 3.24. The van der Waals surface area contributed by atoms with Crippen molar-refractivity contribution >= 4 is 17.7 Å². The molecule has 0 spiro atoms. The molecule has 0 aromatic heterocycles. The fraction of sp³-hybridized carbons (Fsp3) is 0.516. The molecule has 0 radical (unpaired) electrons. The number of ether oxygens (including phenoxy) is 3. The van der Waals surface area contributed by atoms with E-state index in [4.69, 9.17) is 14.2 Å². The molecule has 1 aliphatic carbocycles. The standard InChI is InChI=1S/C31H40N2O6/c1-6-39-31(36)33-17-15-32(16-18-33)19-26(34)29-27(22-7-11-24(37-4)12-8-22)20(2)30(35)21(3)28(29)23-9-13-25(38-5)14-10-23/h7-14,20-21,27-29H,6,15-19H2,1-5H3. The Hall–Kier alpha value is -3.39. The molecule has 39 heavy (non-hydrogen) atoms. The predicted octanol–water partition coefficient (Wildman–Crippen LogP) is 4.39. The Labute approximate surface area is 231 Å². The minimum absolute atomic E-state index is 0.118. The lowest BCUT2D eigenvalue weighted by molar-refractivity contribution is -0.137. The average Bonchev–Trinajstić information content (AvgIpc) is 2.96. The van der Waals surface area contributed by atoms with Gasteiger partial charge in [0.15, 0.2) is 5.78 Å². The molecule has 4 unspecified atom stereocenters. The van der Waals surface area contributed by atoms with Gasteiger partial charge in [-0.15, -0.1) is 0 Å². The van der Waals surface area contributed by atoms with Crippen LogP contribution in [0.25, 0.3) is 0 Å². The fourth-order valence-corrected chi connectivity index (χ4v) is 6.29. The van der Waals surface area contributed by atoms with Crippen molar-refractivity contribution in [2.75, 3.05) is 53.6 Å². The Bertz CT molecular complexity index is 1080. The van der Waals surface area contributed by atoms with Gasteiger partial charge < -0.3 is 19.1 Å². The lowest BCUT2D eigenvalue weighted by Gasteiger charge is -2.45. The quantitative estimate of drug-likeness (QED) is 0.495. The SMILES string of the molecule is CCOC(=O)N1CCN(CC(=O)C2C(c3ccc(OC)cc3)C(C)C(=O)C(C)C2c2ccc(OC)cc2)CC1. The second-order valence-electron chi connectivity index (χ2n) is 10.5. The van der Waals surface area contributed by atoms with Crippen molar-refractivity contribution < 1.29 is 28.6 Å². The van der Waals surface area contributed by atoms with Crippen LogP contribution in [0.3, 0.4) is 0 Å². The summed E-state index contributed by atoms with van der Waals surface area (Å²) in [4.78, 5) is 43.9. The zero-order valence-electron chi connectivity index (χ0n) is 23.6. The van der Waals surface area contributed by atoms with Crippen molar-refractivity contribution in [3.05, 3.63) is 59.7 Å². The lowest BCUT2D eigenvalue weighted by atomic mass is 9.57. The summed E-state index contributed by atoms with van der Waals surface area (Å²) in [5.74, 6) is 0.218. The summed E-state index contributed by atoms with van der Waals surface area (Å²) < 4.78 is 15.9. The second kappa shape index (κ2) is 12.6. The molecular weight excluding hydrogens is 496 g/mol. The highest BCUT2D eigenvalue weighted by molar-refractivity contribution is 5.92. The third kappa shape index (κ3) is 6.11. The van der Waals surface area contributed by atoms with Crippen LogP contribution in [0.4, 0.5) is 4.79 Å². The van der Waals surface area contributed by atoms with E-state index in [0.29, 0.717) is 32.8 Å². The minimum atomic E-state index is -0.391. The van der Waals surface area contributed by atoms with E-state index in [1.165, 1.54) is 0 Å². The first-order valence-electron chi connectivity index (χ1n) is 13.8. The van der Waals surface area contributed by atoms with Crippen LogP contribution >= 0.6 is 0 Å². The summed E-state index contributed by atoms with van der Waals surface area (Å²) in [6.07, 6.45) is -0.309. The number of hydrogen-bond donors (Lipinski definition) is 0. The summed E-state index contributed by atoms with van der Waals surface area (Å²) in [6.45, 7) is 8.55. The van der Waals surface area contributed by atoms with Crippen LogP contribution in [0.15, 0.2) is 48.5 Å². The second-order valence-corrected chi connectivity index (χ2v) is 10.5. The number of piperazine rings is 1. The number of Topliss-reactive ketones (excluding diaryl/α,β-unsaturated/α-hetero) is 2. The Morgan fingerprint density at radius 3 is 1.67 bits per heavy atom. The Morgan fingerprint density at radius 2 is 1.26 bits per heavy atom. The number of amides is 1. The van der Waals surface area contributed by atoms with Gasteiger partial charge in [0.2, 0.25) is 0 Å². The molecule has 4 atom stereocenters. The van der Waals surface area contributed by atoms with E-state index in [1.807, 2.05) is 62.4 Å². The van der Waals surface area contributed by atoms with Gasteiger partial charge in [-0.1, -0.05) is 38.1 Å². The maximum absolute atomic E-state index is 14.3. The van der Waals surface area contributed by atoms with Crippen molar-refractivity contribution in [3.63, 3.8) is 0 Å². The zero-order valence-corrected chi connectivity index (χ0v) is 23.6. The summed E-state index contributed by atoms with van der Waals surface area (Å²) >= 11 is 0. The summed E-state index contributed by atoms with van der Waals surface area (Å²) in [5.41, 5.74) is 1.93. The van der Waals surface area contributed by atoms with Crippen LogP contribution in [0.5, 0.6) is 11.5 Å². The largest absolute Gasteiger partial charge is 0.497 e. The molecule has 210 valence electrons. The number of carbonyl (C=O) groups is 3. The highest BCUT2D eigenvalue weighted by atomic mass is 16.6. The molecule has 2 aromatic carbocycles. The van der Waals surface area contributed by atoms with E-state index in [2.05, 4.69) is 4.90 Å². The average molecular weight is 537 g/mol. The smallest absolute Gasteiger partial charge is 0.409 e. The van der Waals surface area contributed by atoms with Crippen molar-refractivity contribution in [1.29, 1.82) is 0 Å². The molecule has 2 fully saturated rings. The van der Waals surface area contributed by atoms with Gasteiger partial charge in [0.05, 0.1) is 27.4 Å². The first kappa shape index (κ1) is 28.6. The molecule has 2 aliphatic rings. The molecule has 0 N–H and O–H groups in total. The number of carbonyl (C=O) groups excluding carboxylic acids is 3. The van der Waals surface area contributed by atoms with Crippen LogP contribution < -0.4 is 9.47 Å². The topological polar surface area (TPSA) is 85.4 Å². The van der Waals surface area contributed by atoms with Gasteiger partial charge in [-0.25, -0.2) is 4.79 Å². The van der Waals surface area contributed by atoms with Gasteiger partial charge in [0.25, 0.3) is 0 Å². The summed E-state index contributed by atoms with van der Waals surface area (Å²) in [6, 6.07) is 15.5. The maximum atomic E-state index is 14.3. The number of ketones is 2. The monoisotopic (exact) mass is 536 g/mol. The molecule has 1 saturated carbocycles. The number of nitrogens with zero attached hydrogens (tertiary/aromatic N) is 2. The third-order valence-corrected chi connectivity index (χ3v) is 8.40. The Morgan fingerprint density at radius 1 is 0.795 bits per heavy atom. The van der Waals surface area contributed by atoms with E-state index >= 15 is 0 Å². The first-order valence-corrected chi connectivity index (χ1v) is 13.8. The minimum Gasteiger partial charge on any atom is -0.497 e. The molecule has 1 aliphatic heterocycles. The van der Waals surface area contributed by atoms with E-state index in [0.717, 1.165) is 22.6 Å². The molecular formula is C31H40N2O6. The van der Waals surface area contributed by atoms with Crippen molar-refractivity contribution in [1.82, 2.24) is 9.80 Å². The van der Waals surface area contributed by atoms with Crippen molar-refractivity contribution in [2.45, 2.75) is 32.6 Å². The van der Waals surface area contributed by atoms with Gasteiger partial charge >= 0.3 is 6.09 Å². The van der Waals surface area contributed by atoms with Crippen LogP contribution in [-0.2, 0) is 14.3 Å². The fourth-order valence-electron chi connectivity index (χ4n) is 6.29. The van der Waals surface area contributed by atoms with Crippen LogP contribution in [-0.4, -0.2) is 81.0 Å². The number of rotatable bonds is 8. The van der Waals surface area contributed by atoms with Crippen LogP contribution in [0.2, 0.25) is 0 Å². The predicted molar refractivity (Wildman–Crippen MR) is 148 cm³/mol. The zero-order chi connectivity index (χ0) is 28.1. The number of methoxy groups -OCH3 is 2. The Balaban J connectivity index is 1.66. The van der Waals surface area contributed by atoms with Crippen molar-refractivity contribution in [3.8, 4) is 11.5 Å². The van der Waals surface area contributed by atoms with Gasteiger partial charge in [0, 0.05) is 55.8 Å². The molecule has 0 bridgehead atoms. The number of hydrogen-bond acceptors (Lipinski definition) is 7. The maximum Gasteiger partial charge on any atom is 0.409 e. The first-order chi connectivity index (χ1) is 18.8. The summed E-state index contributed by atoms with van der Waals surface area (Å²) in [5, 5.41) is 0. The number of benzene rings is 2. The van der Waals surface area contributed by atoms with Gasteiger partial charge in [0.1, 0.15) is 17.3 Å². The van der Waals surface area contributed by atoms with E-state index in [-0.39, 0.29) is 47.9 Å². The highest BCUT2D eigenvalue weighted by Gasteiger charge is 2.50. The van der Waals surface area contributed by atoms with E-state index in [1.54, 1.807) is 26.0 Å². The molecule has 8 nitrogen and oxygen atoms in total. The Kier molecular flexibility index (Phi) is 9.28. The highest BCUT2D eigenvalue weighted by Crippen LogP contribution is 2.51. The molecule has 1 amide bonds. The lowest BCUT2D eigenvalue weighted by Crippen LogP contribution is -2.52. The molecule has 1 saturated heterocycles. The van der Waals surface area contributed by atoms with Crippen LogP contribution in [0, 0.1) is 17.8 Å². The normalized spacial score (nSPS) is 25.7. The van der Waals surface area contributed by atoms with E-state index in [9.17, 15) is 14.4 Å². The van der Waals surface area contributed by atoms with Crippen LogP contribution in [0.1, 0.15) is 43.7 Å². The third-order valence-electron chi connectivity index (χ3n) is 8.40. The van der Waals surface area contributed by atoms with Gasteiger partial charge in [-0.05, 0) is 42.3 Å². The molecule has 8 heteroatoms. The van der Waals surface area contributed by atoms with Gasteiger partial charge in [-0.3, -0.25) is 14.5 Å². The van der Waals surface area contributed by atoms with Gasteiger partial charge in [-0.2, -0.15) is 0 Å². The molecule has 2 aromatic rings. The molecule has 4 rings (SSSR count). The van der Waals surface area contributed by atoms with Crippen molar-refractivity contribution in [2.24, 2.45) is 17.8 Å².